The van der Waals surface area contributed by atoms with Crippen LogP contribution in [0.4, 0.5) is 5.82 Å². The Morgan fingerprint density at radius 2 is 1.88 bits per heavy atom. The van der Waals surface area contributed by atoms with Gasteiger partial charge in [0, 0.05) is 6.20 Å². The summed E-state index contributed by atoms with van der Waals surface area (Å²) in [6.45, 7) is 4.02. The van der Waals surface area contributed by atoms with Crippen LogP contribution in [0.25, 0.3) is 11.0 Å². The van der Waals surface area contributed by atoms with Crippen molar-refractivity contribution in [3.05, 3.63) is 112 Å². The van der Waals surface area contributed by atoms with Crippen LogP contribution in [0.3, 0.4) is 0 Å². The van der Waals surface area contributed by atoms with Crippen molar-refractivity contribution in [1.82, 2.24) is 4.98 Å². The van der Waals surface area contributed by atoms with E-state index in [0.717, 1.165) is 5.56 Å². The molecule has 7 heteroatoms. The number of para-hydroxylation sites is 1. The van der Waals surface area contributed by atoms with Gasteiger partial charge in [-0.1, -0.05) is 48.5 Å². The number of fused-ring (bicyclic) bond motifs is 2. The van der Waals surface area contributed by atoms with E-state index in [9.17, 15) is 9.59 Å². The van der Waals surface area contributed by atoms with E-state index in [4.69, 9.17) is 20.8 Å². The molecule has 0 spiro atoms. The zero-order chi connectivity index (χ0) is 22.2. The second kappa shape index (κ2) is 7.98. The van der Waals surface area contributed by atoms with Crippen molar-refractivity contribution in [2.75, 3.05) is 11.5 Å². The van der Waals surface area contributed by atoms with E-state index < -0.39 is 11.9 Å². The molecule has 1 atom stereocenters. The van der Waals surface area contributed by atoms with Gasteiger partial charge >= 0.3 is 0 Å². The molecule has 1 aliphatic rings. The highest BCUT2D eigenvalue weighted by atomic mass is 35.5. The van der Waals surface area contributed by atoms with Gasteiger partial charge in [0.05, 0.1) is 22.0 Å². The van der Waals surface area contributed by atoms with Crippen molar-refractivity contribution in [2.45, 2.75) is 6.04 Å². The molecule has 6 nitrogen and oxygen atoms in total. The largest absolute Gasteiger partial charge is 0.490 e. The second-order valence-electron chi connectivity index (χ2n) is 7.25. The van der Waals surface area contributed by atoms with Crippen LogP contribution >= 0.6 is 11.6 Å². The summed E-state index contributed by atoms with van der Waals surface area (Å²) < 4.78 is 11.5. The van der Waals surface area contributed by atoms with Crippen LogP contribution in [0.5, 0.6) is 5.75 Å². The molecule has 0 aliphatic carbocycles. The highest BCUT2D eigenvalue weighted by Crippen LogP contribution is 2.41. The van der Waals surface area contributed by atoms with Crippen LogP contribution in [0.15, 0.2) is 88.7 Å². The lowest BCUT2D eigenvalue weighted by Crippen LogP contribution is -2.30. The van der Waals surface area contributed by atoms with Crippen LogP contribution in [-0.4, -0.2) is 17.5 Å². The van der Waals surface area contributed by atoms with Gasteiger partial charge in [-0.3, -0.25) is 14.5 Å². The van der Waals surface area contributed by atoms with E-state index in [1.807, 2.05) is 12.1 Å². The van der Waals surface area contributed by atoms with Gasteiger partial charge in [-0.15, -0.1) is 0 Å². The minimum Gasteiger partial charge on any atom is -0.490 e. The number of ether oxygens (including phenoxy) is 1. The highest BCUT2D eigenvalue weighted by Gasteiger charge is 2.44. The summed E-state index contributed by atoms with van der Waals surface area (Å²) in [6, 6.07) is 16.7. The molecule has 32 heavy (non-hydrogen) atoms. The SMILES string of the molecule is C=CCOc1ccc([C@@H]2c3c(oc4ccccc4c3=O)C(=O)N2c2ccc(Cl)cn2)cc1. The molecule has 1 amide bonds. The predicted octanol–water partition coefficient (Wildman–Crippen LogP) is 5.16. The number of carbonyl (C=O) groups is 1. The van der Waals surface area contributed by atoms with E-state index in [0.29, 0.717) is 34.2 Å². The quantitative estimate of drug-likeness (QED) is 0.398. The summed E-state index contributed by atoms with van der Waals surface area (Å²) in [7, 11) is 0. The lowest BCUT2D eigenvalue weighted by atomic mass is 9.98. The molecule has 4 aromatic rings. The molecule has 2 aromatic carbocycles. The summed E-state index contributed by atoms with van der Waals surface area (Å²) in [5.74, 6) is 0.600. The Balaban J connectivity index is 1.71. The normalized spacial score (nSPS) is 15.1. The number of nitrogens with zero attached hydrogens (tertiary/aromatic N) is 2. The molecule has 0 saturated heterocycles. The summed E-state index contributed by atoms with van der Waals surface area (Å²) in [5, 5.41) is 0.860. The number of rotatable bonds is 5. The number of carbonyl (C=O) groups excluding carboxylic acids is 1. The summed E-state index contributed by atoms with van der Waals surface area (Å²) in [6.07, 6.45) is 3.12. The first-order valence-corrected chi connectivity index (χ1v) is 10.3. The Hall–Kier alpha value is -3.90. The van der Waals surface area contributed by atoms with E-state index >= 15 is 0 Å². The van der Waals surface area contributed by atoms with E-state index in [1.54, 1.807) is 54.6 Å². The number of benzene rings is 2. The zero-order valence-corrected chi connectivity index (χ0v) is 17.6. The van der Waals surface area contributed by atoms with Crippen molar-refractivity contribution in [3.8, 4) is 5.75 Å². The fraction of sp³-hybridized carbons (Fsp3) is 0.0800. The van der Waals surface area contributed by atoms with Crippen molar-refractivity contribution in [3.63, 3.8) is 0 Å². The summed E-state index contributed by atoms with van der Waals surface area (Å²) >= 11 is 6.00. The van der Waals surface area contributed by atoms with Gasteiger partial charge in [-0.05, 0) is 42.0 Å². The number of halogens is 1. The predicted molar refractivity (Wildman–Crippen MR) is 123 cm³/mol. The van der Waals surface area contributed by atoms with Gasteiger partial charge in [-0.2, -0.15) is 0 Å². The molecule has 0 unspecified atom stereocenters. The van der Waals surface area contributed by atoms with Gasteiger partial charge in [0.15, 0.2) is 5.43 Å². The lowest BCUT2D eigenvalue weighted by Gasteiger charge is -2.24. The van der Waals surface area contributed by atoms with Gasteiger partial charge in [-0.25, -0.2) is 4.98 Å². The van der Waals surface area contributed by atoms with Crippen molar-refractivity contribution in [2.24, 2.45) is 0 Å². The molecule has 0 bridgehead atoms. The Morgan fingerprint density at radius 1 is 1.09 bits per heavy atom. The molecule has 0 N–H and O–H groups in total. The first-order chi connectivity index (χ1) is 15.6. The van der Waals surface area contributed by atoms with Crippen LogP contribution in [-0.2, 0) is 0 Å². The van der Waals surface area contributed by atoms with E-state index in [1.165, 1.54) is 11.1 Å². The molecule has 0 radical (unpaired) electrons. The number of hydrogen-bond donors (Lipinski definition) is 0. The zero-order valence-electron chi connectivity index (χ0n) is 16.8. The smallest absolute Gasteiger partial charge is 0.296 e. The van der Waals surface area contributed by atoms with Gasteiger partial charge < -0.3 is 9.15 Å². The maximum atomic E-state index is 13.5. The van der Waals surface area contributed by atoms with Crippen LogP contribution in [0.1, 0.15) is 27.7 Å². The monoisotopic (exact) mass is 444 g/mol. The maximum absolute atomic E-state index is 13.5. The molecule has 2 aromatic heterocycles. The van der Waals surface area contributed by atoms with Gasteiger partial charge in [0.2, 0.25) is 5.76 Å². The lowest BCUT2D eigenvalue weighted by molar-refractivity contribution is 0.0970. The number of aromatic nitrogens is 1. The highest BCUT2D eigenvalue weighted by molar-refractivity contribution is 6.30. The third kappa shape index (κ3) is 3.25. The van der Waals surface area contributed by atoms with Crippen molar-refractivity contribution >= 4 is 34.3 Å². The number of anilines is 1. The second-order valence-corrected chi connectivity index (χ2v) is 7.69. The molecular formula is C25H17ClN2O4. The first kappa shape index (κ1) is 20.0. The maximum Gasteiger partial charge on any atom is 0.296 e. The Kier molecular flexibility index (Phi) is 4.99. The van der Waals surface area contributed by atoms with Crippen LogP contribution < -0.4 is 15.1 Å². The summed E-state index contributed by atoms with van der Waals surface area (Å²) in [4.78, 5) is 32.7. The molecule has 3 heterocycles. The minimum absolute atomic E-state index is 0.0161. The van der Waals surface area contributed by atoms with Gasteiger partial charge in [0.1, 0.15) is 23.8 Å². The third-order valence-corrected chi connectivity index (χ3v) is 5.52. The Bertz CT molecular complexity index is 1390. The molecule has 158 valence electrons. The minimum atomic E-state index is -0.708. The molecule has 5 rings (SSSR count). The third-order valence-electron chi connectivity index (χ3n) is 5.30. The average molecular weight is 445 g/mol. The van der Waals surface area contributed by atoms with Crippen LogP contribution in [0, 0.1) is 0 Å². The molecule has 1 aliphatic heterocycles. The molecule has 0 fully saturated rings. The van der Waals surface area contributed by atoms with Crippen molar-refractivity contribution < 1.29 is 13.9 Å². The van der Waals surface area contributed by atoms with E-state index in [-0.39, 0.29) is 16.8 Å². The Morgan fingerprint density at radius 3 is 2.59 bits per heavy atom. The fourth-order valence-corrected chi connectivity index (χ4v) is 4.00. The van der Waals surface area contributed by atoms with Crippen LogP contribution in [0.2, 0.25) is 5.02 Å². The average Bonchev–Trinajstić information content (AvgIpc) is 3.11. The standard InChI is InChI=1S/C25H17ClN2O4/c1-2-13-31-17-10-7-15(8-11-17)22-21-23(29)18-5-3-4-6-19(18)32-24(21)25(30)28(22)20-12-9-16(26)14-27-20/h2-12,14,22H,1,13H2/t22-/m1/s1. The topological polar surface area (TPSA) is 72.6 Å². The number of hydrogen-bond acceptors (Lipinski definition) is 5. The first-order valence-electron chi connectivity index (χ1n) is 9.93. The number of pyridine rings is 1. The molecule has 0 saturated carbocycles. The van der Waals surface area contributed by atoms with Gasteiger partial charge in [0.25, 0.3) is 5.91 Å². The van der Waals surface area contributed by atoms with Crippen molar-refractivity contribution in [1.29, 1.82) is 0 Å². The fourth-order valence-electron chi connectivity index (χ4n) is 3.88. The molecular weight excluding hydrogens is 428 g/mol. The van der Waals surface area contributed by atoms with E-state index in [2.05, 4.69) is 11.6 Å². The number of amides is 1. The summed E-state index contributed by atoms with van der Waals surface area (Å²) in [5.41, 5.74) is 1.12. The Labute approximate surface area is 188 Å².